The fraction of sp³-hybridized carbons (Fsp3) is 0.423. The lowest BCUT2D eigenvalue weighted by atomic mass is 9.99. The molecule has 0 aliphatic rings. The van der Waals surface area contributed by atoms with Gasteiger partial charge >= 0.3 is 11.9 Å². The number of ether oxygens (including phenoxy) is 1. The molecule has 14 heteroatoms. The highest BCUT2D eigenvalue weighted by Gasteiger charge is 2.26. The van der Waals surface area contributed by atoms with E-state index >= 15 is 0 Å². The van der Waals surface area contributed by atoms with Crippen molar-refractivity contribution in [3.63, 3.8) is 0 Å². The molecule has 0 saturated heterocycles. The number of carbonyl (C=O) groups is 5. The number of methoxy groups -OCH3 is 1. The van der Waals surface area contributed by atoms with Gasteiger partial charge in [-0.3, -0.25) is 19.2 Å². The first kappa shape index (κ1) is 31.5. The van der Waals surface area contributed by atoms with E-state index in [2.05, 4.69) is 25.7 Å². The number of amides is 3. The van der Waals surface area contributed by atoms with Crippen molar-refractivity contribution in [1.29, 1.82) is 0 Å². The second-order valence-electron chi connectivity index (χ2n) is 9.03. The number of aliphatic carboxylic acids is 1. The molecule has 0 saturated carbocycles. The van der Waals surface area contributed by atoms with Gasteiger partial charge in [-0.15, -0.1) is 0 Å². The van der Waals surface area contributed by atoms with Gasteiger partial charge < -0.3 is 34.9 Å². The molecule has 0 fully saturated rings. The molecule has 1 unspecified atom stereocenters. The van der Waals surface area contributed by atoms with Crippen LogP contribution in [0.4, 0.5) is 5.69 Å². The molecule has 14 nitrogen and oxygen atoms in total. The summed E-state index contributed by atoms with van der Waals surface area (Å²) in [7, 11) is 2.84. The van der Waals surface area contributed by atoms with Gasteiger partial charge in [0, 0.05) is 19.3 Å². The quantitative estimate of drug-likeness (QED) is 0.188. The van der Waals surface area contributed by atoms with Gasteiger partial charge in [-0.05, 0) is 30.9 Å². The molecule has 3 amide bonds. The second-order valence-corrected chi connectivity index (χ2v) is 9.03. The van der Waals surface area contributed by atoms with E-state index in [1.54, 1.807) is 20.9 Å². The molecule has 0 aliphatic heterocycles. The second kappa shape index (κ2) is 15.0. The molecule has 216 valence electrons. The summed E-state index contributed by atoms with van der Waals surface area (Å²) in [6.45, 7) is 3.02. The number of hydrogen-bond donors (Lipinski definition) is 4. The van der Waals surface area contributed by atoms with Crippen LogP contribution in [0.15, 0.2) is 47.8 Å². The molecule has 2 heterocycles. The van der Waals surface area contributed by atoms with E-state index in [1.165, 1.54) is 54.7 Å². The minimum atomic E-state index is -1.18. The minimum absolute atomic E-state index is 0.0819. The molecule has 3 atom stereocenters. The highest BCUT2D eigenvalue weighted by molar-refractivity contribution is 6.00. The van der Waals surface area contributed by atoms with Crippen molar-refractivity contribution in [2.75, 3.05) is 12.4 Å². The number of carbonyl (C=O) groups excluding carboxylic acids is 4. The van der Waals surface area contributed by atoms with Gasteiger partial charge in [0.2, 0.25) is 11.8 Å². The van der Waals surface area contributed by atoms with Gasteiger partial charge in [-0.1, -0.05) is 26.3 Å². The Balaban J connectivity index is 2.19. The number of rotatable bonds is 14. The van der Waals surface area contributed by atoms with Gasteiger partial charge in [0.1, 0.15) is 30.0 Å². The lowest BCUT2D eigenvalue weighted by molar-refractivity contribution is -0.143. The van der Waals surface area contributed by atoms with Gasteiger partial charge in [0.25, 0.3) is 11.5 Å². The number of aryl methyl sites for hydroxylation is 1. The monoisotopic (exact) mass is 558 g/mol. The Bertz CT molecular complexity index is 1310. The lowest BCUT2D eigenvalue weighted by Crippen LogP contribution is -2.47. The van der Waals surface area contributed by atoms with Crippen molar-refractivity contribution in [3.05, 3.63) is 59.1 Å². The zero-order valence-electron chi connectivity index (χ0n) is 22.7. The number of anilines is 1. The Morgan fingerprint density at radius 3 is 2.52 bits per heavy atom. The van der Waals surface area contributed by atoms with Crippen LogP contribution < -0.4 is 21.5 Å². The number of imidazole rings is 1. The first-order chi connectivity index (χ1) is 19.0. The summed E-state index contributed by atoms with van der Waals surface area (Å²) in [5.41, 5.74) is -0.654. The summed E-state index contributed by atoms with van der Waals surface area (Å²) in [6.07, 6.45) is 7.59. The summed E-state index contributed by atoms with van der Waals surface area (Å²) in [6, 6.07) is 0.557. The molecular formula is C26H34N6O8. The molecule has 2 aromatic heterocycles. The number of nitrogens with one attached hydrogen (secondary N) is 3. The number of allylic oxidation sites excluding steroid dienone is 1. The number of hydrogen-bond acceptors (Lipinski definition) is 8. The normalized spacial score (nSPS) is 13.2. The molecular weight excluding hydrogens is 524 g/mol. The lowest BCUT2D eigenvalue weighted by Gasteiger charge is -2.20. The predicted octanol–water partition coefficient (Wildman–Crippen LogP) is 0.444. The van der Waals surface area contributed by atoms with E-state index in [0.29, 0.717) is 6.42 Å². The van der Waals surface area contributed by atoms with Crippen LogP contribution >= 0.6 is 0 Å². The van der Waals surface area contributed by atoms with Crippen molar-refractivity contribution in [3.8, 4) is 0 Å². The van der Waals surface area contributed by atoms with Gasteiger partial charge in [-0.2, -0.15) is 0 Å². The molecule has 2 aromatic rings. The number of aromatic nitrogens is 3. The summed E-state index contributed by atoms with van der Waals surface area (Å²) >= 11 is 0. The topological polar surface area (TPSA) is 191 Å². The van der Waals surface area contributed by atoms with Gasteiger partial charge in [-0.25, -0.2) is 14.6 Å². The summed E-state index contributed by atoms with van der Waals surface area (Å²) in [4.78, 5) is 78.1. The minimum Gasteiger partial charge on any atom is -0.480 e. The largest absolute Gasteiger partial charge is 0.480 e. The van der Waals surface area contributed by atoms with Crippen LogP contribution in [0.2, 0.25) is 0 Å². The van der Waals surface area contributed by atoms with Crippen molar-refractivity contribution in [2.24, 2.45) is 13.0 Å². The summed E-state index contributed by atoms with van der Waals surface area (Å²) in [5, 5.41) is 16.9. The number of pyridine rings is 1. The average molecular weight is 559 g/mol. The van der Waals surface area contributed by atoms with E-state index in [9.17, 15) is 33.9 Å². The Hall–Kier alpha value is -4.75. The SMILES string of the molecule is CC[C@@H](C)[C@H](NC(=O)Cn1cccc(NC(=O)C(CCC=CC(=O)OC)NC(=O)c2cncn2C)c1=O)C(=O)O. The molecule has 40 heavy (non-hydrogen) atoms. The first-order valence-corrected chi connectivity index (χ1v) is 12.5. The maximum absolute atomic E-state index is 13.1. The van der Waals surface area contributed by atoms with E-state index in [4.69, 9.17) is 0 Å². The molecule has 0 aliphatic carbocycles. The average Bonchev–Trinajstić information content (AvgIpc) is 3.36. The van der Waals surface area contributed by atoms with Crippen LogP contribution in [0.25, 0.3) is 0 Å². The predicted molar refractivity (Wildman–Crippen MR) is 143 cm³/mol. The standard InChI is InChI=1S/C26H34N6O8/c1-5-16(2)22(26(38)39)30-20(33)14-32-12-8-10-18(25(32)37)29-23(35)17(9-6-7-11-21(34)40-4)28-24(36)19-13-27-15-31(19)3/h7-8,10-13,15-17,22H,5-6,9,14H2,1-4H3,(H,28,36)(H,29,35)(H,30,33)(H,38,39)/t16-,17?,22+/m1/s1. The Morgan fingerprint density at radius 2 is 1.93 bits per heavy atom. The maximum atomic E-state index is 13.1. The molecule has 0 aromatic carbocycles. The number of nitrogens with zero attached hydrogens (tertiary/aromatic N) is 3. The van der Waals surface area contributed by atoms with E-state index in [1.807, 2.05) is 0 Å². The fourth-order valence-electron chi connectivity index (χ4n) is 3.62. The Kier molecular flexibility index (Phi) is 11.8. The van der Waals surface area contributed by atoms with Crippen LogP contribution in [0.3, 0.4) is 0 Å². The van der Waals surface area contributed by atoms with Crippen molar-refractivity contribution in [1.82, 2.24) is 24.8 Å². The Labute approximate surface area is 230 Å². The third kappa shape index (κ3) is 8.92. The van der Waals surface area contributed by atoms with Crippen LogP contribution in [0, 0.1) is 5.92 Å². The highest BCUT2D eigenvalue weighted by Crippen LogP contribution is 2.09. The van der Waals surface area contributed by atoms with Gasteiger partial charge in [0.05, 0.1) is 19.6 Å². The zero-order valence-corrected chi connectivity index (χ0v) is 22.7. The third-order valence-electron chi connectivity index (χ3n) is 6.14. The fourth-order valence-corrected chi connectivity index (χ4v) is 3.62. The van der Waals surface area contributed by atoms with Crippen LogP contribution in [0.1, 0.15) is 43.6 Å². The number of carboxylic acid groups (broad SMARTS) is 1. The molecule has 4 N–H and O–H groups in total. The molecule has 2 rings (SSSR count). The smallest absolute Gasteiger partial charge is 0.330 e. The van der Waals surface area contributed by atoms with E-state index in [0.717, 1.165) is 4.57 Å². The first-order valence-electron chi connectivity index (χ1n) is 12.5. The van der Waals surface area contributed by atoms with Crippen LogP contribution in [-0.4, -0.2) is 68.1 Å². The summed E-state index contributed by atoms with van der Waals surface area (Å²) in [5.74, 6) is -4.05. The maximum Gasteiger partial charge on any atom is 0.330 e. The highest BCUT2D eigenvalue weighted by atomic mass is 16.5. The van der Waals surface area contributed by atoms with Gasteiger partial charge in [0.15, 0.2) is 0 Å². The van der Waals surface area contributed by atoms with Crippen molar-refractivity contribution >= 4 is 35.3 Å². The Morgan fingerprint density at radius 1 is 1.20 bits per heavy atom. The van der Waals surface area contributed by atoms with Crippen LogP contribution in [0.5, 0.6) is 0 Å². The molecule has 0 radical (unpaired) electrons. The molecule has 0 spiro atoms. The van der Waals surface area contributed by atoms with Crippen molar-refractivity contribution in [2.45, 2.75) is 51.7 Å². The van der Waals surface area contributed by atoms with Crippen LogP contribution in [-0.2, 0) is 37.5 Å². The molecule has 0 bridgehead atoms. The number of carboxylic acids is 1. The van der Waals surface area contributed by atoms with Crippen molar-refractivity contribution < 1.29 is 33.8 Å². The van der Waals surface area contributed by atoms with E-state index < -0.39 is 53.8 Å². The zero-order chi connectivity index (χ0) is 29.8. The number of esters is 1. The van der Waals surface area contributed by atoms with E-state index in [-0.39, 0.29) is 30.1 Å². The summed E-state index contributed by atoms with van der Waals surface area (Å²) < 4.78 is 7.03. The third-order valence-corrected chi connectivity index (χ3v) is 6.14.